The van der Waals surface area contributed by atoms with Gasteiger partial charge in [0.15, 0.2) is 0 Å². The molecule has 3 aromatic rings. The molecule has 0 aliphatic carbocycles. The molecule has 0 spiro atoms. The highest BCUT2D eigenvalue weighted by Gasteiger charge is 2.23. The fourth-order valence-electron chi connectivity index (χ4n) is 4.79. The quantitative estimate of drug-likeness (QED) is 0.135. The Hall–Kier alpha value is -3.08. The van der Waals surface area contributed by atoms with Gasteiger partial charge in [-0.2, -0.15) is 0 Å². The van der Waals surface area contributed by atoms with Gasteiger partial charge in [0.25, 0.3) is 0 Å². The van der Waals surface area contributed by atoms with Crippen LogP contribution in [0.4, 0.5) is 0 Å². The number of ketones is 1. The van der Waals surface area contributed by atoms with Crippen LogP contribution in [-0.4, -0.2) is 20.0 Å². The number of rotatable bonds is 14. The first-order valence-corrected chi connectivity index (χ1v) is 12.9. The maximum absolute atomic E-state index is 13.7. The lowest BCUT2D eigenvalue weighted by Gasteiger charge is -2.20. The smallest absolute Gasteiger partial charge is 0.347 e. The van der Waals surface area contributed by atoms with Crippen LogP contribution >= 0.6 is 0 Å². The topological polar surface area (TPSA) is 65.7 Å². The Bertz CT molecular complexity index is 1180. The van der Waals surface area contributed by atoms with Gasteiger partial charge in [-0.1, -0.05) is 83.1 Å². The van der Waals surface area contributed by atoms with Crippen molar-refractivity contribution in [3.8, 4) is 11.5 Å². The van der Waals surface area contributed by atoms with Crippen molar-refractivity contribution in [2.24, 2.45) is 0 Å². The first-order chi connectivity index (χ1) is 17.0. The van der Waals surface area contributed by atoms with Crippen LogP contribution in [0.25, 0.3) is 11.0 Å². The molecular weight excluding hydrogens is 440 g/mol. The Morgan fingerprint density at radius 3 is 2.31 bits per heavy atom. The molecule has 2 aromatic carbocycles. The Balaban J connectivity index is 1.93. The highest BCUT2D eigenvalue weighted by atomic mass is 16.5. The molecule has 5 heteroatoms. The molecule has 0 saturated carbocycles. The van der Waals surface area contributed by atoms with Crippen LogP contribution in [0, 0.1) is 0 Å². The van der Waals surface area contributed by atoms with E-state index in [-0.39, 0.29) is 17.3 Å². The van der Waals surface area contributed by atoms with Gasteiger partial charge < -0.3 is 13.9 Å². The number of hydrogen-bond acceptors (Lipinski definition) is 5. The van der Waals surface area contributed by atoms with Gasteiger partial charge in [-0.05, 0) is 30.4 Å². The molecule has 5 nitrogen and oxygen atoms in total. The Kier molecular flexibility index (Phi) is 9.95. The highest BCUT2D eigenvalue weighted by Crippen LogP contribution is 2.33. The zero-order chi connectivity index (χ0) is 25.2. The van der Waals surface area contributed by atoms with Crippen LogP contribution in [0.15, 0.2) is 51.7 Å². The summed E-state index contributed by atoms with van der Waals surface area (Å²) in [6.07, 6.45) is 10.6. The van der Waals surface area contributed by atoms with E-state index in [0.29, 0.717) is 28.0 Å². The van der Waals surface area contributed by atoms with Gasteiger partial charge in [0, 0.05) is 17.7 Å². The normalized spacial score (nSPS) is 12.0. The highest BCUT2D eigenvalue weighted by molar-refractivity contribution is 6.11. The zero-order valence-corrected chi connectivity index (χ0v) is 21.5. The number of carbonyl (C=O) groups excluding carboxylic acids is 1. The summed E-state index contributed by atoms with van der Waals surface area (Å²) in [5, 5.41) is 0.561. The predicted molar refractivity (Wildman–Crippen MR) is 141 cm³/mol. The lowest BCUT2D eigenvalue weighted by molar-refractivity contribution is 0.103. The minimum absolute atomic E-state index is 0.0169. The maximum Gasteiger partial charge on any atom is 0.347 e. The SMILES string of the molecule is CCCCCCCCC(CCC)c1ccccc1C(=O)c1cc2c(OC)cc(OC)cc2oc1=O. The Labute approximate surface area is 208 Å². The molecule has 0 N–H and O–H groups in total. The van der Waals surface area contributed by atoms with Crippen LogP contribution < -0.4 is 15.1 Å². The number of unbranched alkanes of at least 4 members (excludes halogenated alkanes) is 5. The van der Waals surface area contributed by atoms with Crippen molar-refractivity contribution in [1.82, 2.24) is 0 Å². The summed E-state index contributed by atoms with van der Waals surface area (Å²) in [5.74, 6) is 0.979. The average Bonchev–Trinajstić information content (AvgIpc) is 2.88. The molecule has 1 atom stereocenters. The summed E-state index contributed by atoms with van der Waals surface area (Å²) in [4.78, 5) is 26.6. The van der Waals surface area contributed by atoms with Gasteiger partial charge in [0.05, 0.1) is 19.6 Å². The molecule has 35 heavy (non-hydrogen) atoms. The summed E-state index contributed by atoms with van der Waals surface area (Å²) >= 11 is 0. The van der Waals surface area contributed by atoms with E-state index in [9.17, 15) is 9.59 Å². The molecule has 3 rings (SSSR count). The average molecular weight is 479 g/mol. The fourth-order valence-corrected chi connectivity index (χ4v) is 4.79. The third-order valence-corrected chi connectivity index (χ3v) is 6.68. The van der Waals surface area contributed by atoms with Gasteiger partial charge in [0.1, 0.15) is 22.6 Å². The van der Waals surface area contributed by atoms with E-state index in [1.807, 2.05) is 24.3 Å². The summed E-state index contributed by atoms with van der Waals surface area (Å²) in [7, 11) is 3.07. The second-order valence-corrected chi connectivity index (χ2v) is 9.15. The summed E-state index contributed by atoms with van der Waals surface area (Å²) in [6.45, 7) is 4.41. The van der Waals surface area contributed by atoms with Crippen LogP contribution in [0.5, 0.6) is 11.5 Å². The van der Waals surface area contributed by atoms with E-state index >= 15 is 0 Å². The number of ether oxygens (including phenoxy) is 2. The van der Waals surface area contributed by atoms with Crippen LogP contribution in [-0.2, 0) is 0 Å². The molecule has 0 aliphatic rings. The maximum atomic E-state index is 13.7. The molecule has 1 heterocycles. The predicted octanol–water partition coefficient (Wildman–Crippen LogP) is 7.68. The lowest BCUT2D eigenvalue weighted by Crippen LogP contribution is -2.17. The van der Waals surface area contributed by atoms with E-state index < -0.39 is 5.63 Å². The second-order valence-electron chi connectivity index (χ2n) is 9.15. The van der Waals surface area contributed by atoms with E-state index in [2.05, 4.69) is 13.8 Å². The van der Waals surface area contributed by atoms with Crippen molar-refractivity contribution in [3.05, 3.63) is 69.6 Å². The van der Waals surface area contributed by atoms with Crippen molar-refractivity contribution in [2.45, 2.75) is 77.6 Å². The van der Waals surface area contributed by atoms with Crippen LogP contribution in [0.2, 0.25) is 0 Å². The number of carbonyl (C=O) groups is 1. The first kappa shape index (κ1) is 26.5. The van der Waals surface area contributed by atoms with E-state index in [0.717, 1.165) is 31.2 Å². The van der Waals surface area contributed by atoms with E-state index in [1.54, 1.807) is 18.2 Å². The molecule has 1 unspecified atom stereocenters. The lowest BCUT2D eigenvalue weighted by atomic mass is 9.84. The van der Waals surface area contributed by atoms with Crippen LogP contribution in [0.1, 0.15) is 99.0 Å². The van der Waals surface area contributed by atoms with Gasteiger partial charge >= 0.3 is 5.63 Å². The van der Waals surface area contributed by atoms with E-state index in [1.165, 1.54) is 46.3 Å². The largest absolute Gasteiger partial charge is 0.496 e. The van der Waals surface area contributed by atoms with Gasteiger partial charge in [-0.15, -0.1) is 0 Å². The molecule has 0 radical (unpaired) electrons. The number of hydrogen-bond donors (Lipinski definition) is 0. The first-order valence-electron chi connectivity index (χ1n) is 12.9. The molecular formula is C30H38O5. The van der Waals surface area contributed by atoms with Crippen molar-refractivity contribution in [2.75, 3.05) is 14.2 Å². The Morgan fingerprint density at radius 1 is 0.857 bits per heavy atom. The standard InChI is InChI=1S/C30H38O5/c1-5-7-8-9-10-11-15-21(14-6-2)23-16-12-13-17-24(23)29(31)26-20-25-27(34-4)18-22(33-3)19-28(25)35-30(26)32/h12-13,16-21H,5-11,14-15H2,1-4H3. The zero-order valence-electron chi connectivity index (χ0n) is 21.5. The van der Waals surface area contributed by atoms with Gasteiger partial charge in [0.2, 0.25) is 5.78 Å². The number of benzene rings is 2. The summed E-state index contributed by atoms with van der Waals surface area (Å²) in [5.41, 5.74) is 1.28. The van der Waals surface area contributed by atoms with Crippen molar-refractivity contribution in [1.29, 1.82) is 0 Å². The molecule has 188 valence electrons. The summed E-state index contributed by atoms with van der Waals surface area (Å²) in [6, 6.07) is 12.6. The Morgan fingerprint density at radius 2 is 1.60 bits per heavy atom. The fraction of sp³-hybridized carbons (Fsp3) is 0.467. The molecule has 0 saturated heterocycles. The molecule has 1 aromatic heterocycles. The summed E-state index contributed by atoms with van der Waals surface area (Å²) < 4.78 is 16.3. The number of fused-ring (bicyclic) bond motifs is 1. The van der Waals surface area contributed by atoms with Gasteiger partial charge in [-0.25, -0.2) is 4.79 Å². The minimum Gasteiger partial charge on any atom is -0.496 e. The van der Waals surface area contributed by atoms with Crippen molar-refractivity contribution >= 4 is 16.8 Å². The third-order valence-electron chi connectivity index (χ3n) is 6.68. The molecule has 0 amide bonds. The van der Waals surface area contributed by atoms with Crippen molar-refractivity contribution < 1.29 is 18.7 Å². The molecule has 0 bridgehead atoms. The molecule has 0 fully saturated rings. The third kappa shape index (κ3) is 6.53. The monoisotopic (exact) mass is 478 g/mol. The minimum atomic E-state index is -0.657. The number of methoxy groups -OCH3 is 2. The van der Waals surface area contributed by atoms with Gasteiger partial charge in [-0.3, -0.25) is 4.79 Å². The van der Waals surface area contributed by atoms with E-state index in [4.69, 9.17) is 13.9 Å². The van der Waals surface area contributed by atoms with Crippen molar-refractivity contribution in [3.63, 3.8) is 0 Å². The second kappa shape index (κ2) is 13.1. The van der Waals surface area contributed by atoms with Crippen LogP contribution in [0.3, 0.4) is 0 Å². The molecule has 0 aliphatic heterocycles.